The minimum Gasteiger partial charge on any atom is -0.494 e. The topological polar surface area (TPSA) is 79.2 Å². The summed E-state index contributed by atoms with van der Waals surface area (Å²) in [5.74, 6) is 0.0855. The predicted octanol–water partition coefficient (Wildman–Crippen LogP) is 3.22. The maximum absolute atomic E-state index is 10.4. The molecule has 0 radical (unpaired) electrons. The molecule has 2 aliphatic rings. The van der Waals surface area contributed by atoms with Crippen molar-refractivity contribution in [3.8, 4) is 23.2 Å². The van der Waals surface area contributed by atoms with Crippen LogP contribution in [0.5, 0.6) is 5.88 Å². The number of nitrogens with zero attached hydrogens (tertiary/aromatic N) is 4. The van der Waals surface area contributed by atoms with Crippen LogP contribution in [-0.4, -0.2) is 51.1 Å². The fraction of sp³-hybridized carbons (Fsp3) is 0.333. The molecule has 2 fully saturated rings. The summed E-state index contributed by atoms with van der Waals surface area (Å²) in [6.07, 6.45) is 4.78. The highest BCUT2D eigenvalue weighted by atomic mass is 16.3. The van der Waals surface area contributed by atoms with Gasteiger partial charge in [-0.1, -0.05) is 6.07 Å². The van der Waals surface area contributed by atoms with E-state index >= 15 is 0 Å². The molecule has 27 heavy (non-hydrogen) atoms. The second kappa shape index (κ2) is 6.38. The molecule has 0 spiro atoms. The fourth-order valence-electron chi connectivity index (χ4n) is 4.04. The number of likely N-dealkylation sites (tertiary alicyclic amines) is 2. The number of hydrogen-bond acceptors (Lipinski definition) is 5. The SMILES string of the molecule is N#Cc1ccc2[nH]c(O)c(-c3ccc(C(N4CCC4)N4CCC4)cn3)c2c1. The van der Waals surface area contributed by atoms with Crippen molar-refractivity contribution in [2.24, 2.45) is 0 Å². The Balaban J connectivity index is 1.52. The molecule has 2 aliphatic heterocycles. The number of benzene rings is 1. The van der Waals surface area contributed by atoms with Gasteiger partial charge in [-0.2, -0.15) is 5.26 Å². The lowest BCUT2D eigenvalue weighted by Crippen LogP contribution is -2.52. The first-order chi connectivity index (χ1) is 13.2. The van der Waals surface area contributed by atoms with Crippen molar-refractivity contribution in [2.75, 3.05) is 26.2 Å². The first-order valence-electron chi connectivity index (χ1n) is 9.44. The summed E-state index contributed by atoms with van der Waals surface area (Å²) in [5, 5.41) is 20.4. The molecule has 136 valence electrons. The van der Waals surface area contributed by atoms with Gasteiger partial charge in [0.05, 0.1) is 29.1 Å². The zero-order valence-corrected chi connectivity index (χ0v) is 15.0. The molecule has 6 nitrogen and oxygen atoms in total. The van der Waals surface area contributed by atoms with Crippen LogP contribution in [0, 0.1) is 11.3 Å². The molecule has 0 bridgehead atoms. The minimum atomic E-state index is 0.0855. The first kappa shape index (κ1) is 16.3. The van der Waals surface area contributed by atoms with E-state index < -0.39 is 0 Å². The van der Waals surface area contributed by atoms with Crippen LogP contribution in [0.4, 0.5) is 0 Å². The van der Waals surface area contributed by atoms with Crippen LogP contribution in [0.15, 0.2) is 36.5 Å². The van der Waals surface area contributed by atoms with Gasteiger partial charge >= 0.3 is 0 Å². The van der Waals surface area contributed by atoms with Gasteiger partial charge in [0.25, 0.3) is 0 Å². The molecule has 5 rings (SSSR count). The number of aromatic amines is 1. The quantitative estimate of drug-likeness (QED) is 0.748. The molecule has 2 saturated heterocycles. The Hall–Kier alpha value is -2.88. The van der Waals surface area contributed by atoms with Gasteiger partial charge in [0, 0.05) is 48.8 Å². The number of aromatic nitrogens is 2. The summed E-state index contributed by atoms with van der Waals surface area (Å²) in [7, 11) is 0. The van der Waals surface area contributed by atoms with E-state index in [0.717, 1.165) is 37.1 Å². The molecule has 6 heteroatoms. The smallest absolute Gasteiger partial charge is 0.199 e. The number of H-pyrrole nitrogens is 1. The highest BCUT2D eigenvalue weighted by molar-refractivity contribution is 5.98. The zero-order valence-electron chi connectivity index (χ0n) is 15.0. The number of hydrogen-bond donors (Lipinski definition) is 2. The summed E-state index contributed by atoms with van der Waals surface area (Å²) in [4.78, 5) is 12.6. The van der Waals surface area contributed by atoms with Crippen molar-refractivity contribution < 1.29 is 5.11 Å². The molecular formula is C21H21N5O. The number of nitrogens with one attached hydrogen (secondary N) is 1. The highest BCUT2D eigenvalue weighted by Crippen LogP contribution is 2.37. The molecule has 0 aliphatic carbocycles. The van der Waals surface area contributed by atoms with Crippen molar-refractivity contribution in [1.82, 2.24) is 19.8 Å². The Bertz CT molecular complexity index is 1010. The van der Waals surface area contributed by atoms with Crippen LogP contribution in [0.3, 0.4) is 0 Å². The third kappa shape index (κ3) is 2.67. The Morgan fingerprint density at radius 1 is 1.07 bits per heavy atom. The van der Waals surface area contributed by atoms with Crippen molar-refractivity contribution in [3.63, 3.8) is 0 Å². The van der Waals surface area contributed by atoms with Gasteiger partial charge in [-0.05, 0) is 37.1 Å². The average molecular weight is 359 g/mol. The largest absolute Gasteiger partial charge is 0.494 e. The van der Waals surface area contributed by atoms with E-state index in [0.29, 0.717) is 23.0 Å². The van der Waals surface area contributed by atoms with Crippen LogP contribution in [0.2, 0.25) is 0 Å². The van der Waals surface area contributed by atoms with Gasteiger partial charge in [0.2, 0.25) is 0 Å². The van der Waals surface area contributed by atoms with Crippen molar-refractivity contribution in [1.29, 1.82) is 5.26 Å². The Morgan fingerprint density at radius 3 is 2.37 bits per heavy atom. The lowest BCUT2D eigenvalue weighted by molar-refractivity contribution is -0.0323. The molecule has 1 aromatic carbocycles. The minimum absolute atomic E-state index is 0.0855. The van der Waals surface area contributed by atoms with Crippen molar-refractivity contribution in [2.45, 2.75) is 19.0 Å². The van der Waals surface area contributed by atoms with E-state index in [-0.39, 0.29) is 5.88 Å². The highest BCUT2D eigenvalue weighted by Gasteiger charge is 2.33. The molecular weight excluding hydrogens is 338 g/mol. The van der Waals surface area contributed by atoms with E-state index in [1.54, 1.807) is 12.1 Å². The molecule has 4 heterocycles. The lowest BCUT2D eigenvalue weighted by atomic mass is 10.0. The third-order valence-electron chi connectivity index (χ3n) is 5.72. The number of fused-ring (bicyclic) bond motifs is 1. The molecule has 2 aromatic heterocycles. The second-order valence-electron chi connectivity index (χ2n) is 7.35. The van der Waals surface area contributed by atoms with E-state index in [9.17, 15) is 10.4 Å². The van der Waals surface area contributed by atoms with Crippen molar-refractivity contribution >= 4 is 10.9 Å². The standard InChI is InChI=1S/C21H21N5O/c22-12-14-3-5-17-16(11-14)19(20(27)24-17)18-6-4-15(13-23-18)21(25-7-1-8-25)26-9-2-10-26/h3-6,11,13,21,24,27H,1-2,7-10H2. The fourth-order valence-corrected chi connectivity index (χ4v) is 4.04. The van der Waals surface area contributed by atoms with Crippen LogP contribution < -0.4 is 0 Å². The summed E-state index contributed by atoms with van der Waals surface area (Å²) in [6.45, 7) is 4.57. The Labute approximate surface area is 157 Å². The number of nitriles is 1. The van der Waals surface area contributed by atoms with Crippen LogP contribution in [0.1, 0.15) is 30.1 Å². The van der Waals surface area contributed by atoms with Gasteiger partial charge in [0.15, 0.2) is 5.88 Å². The summed E-state index contributed by atoms with van der Waals surface area (Å²) < 4.78 is 0. The Kier molecular flexibility index (Phi) is 3.85. The van der Waals surface area contributed by atoms with Gasteiger partial charge in [-0.3, -0.25) is 14.8 Å². The molecule has 0 amide bonds. The molecule has 0 saturated carbocycles. The Morgan fingerprint density at radius 2 is 1.81 bits per heavy atom. The molecule has 0 atom stereocenters. The molecule has 2 N–H and O–H groups in total. The number of pyridine rings is 1. The maximum Gasteiger partial charge on any atom is 0.199 e. The lowest BCUT2D eigenvalue weighted by Gasteiger charge is -2.48. The third-order valence-corrected chi connectivity index (χ3v) is 5.72. The average Bonchev–Trinajstić information content (AvgIpc) is 2.93. The molecule has 3 aromatic rings. The van der Waals surface area contributed by atoms with E-state index in [2.05, 4.69) is 31.9 Å². The van der Waals surface area contributed by atoms with Gasteiger partial charge < -0.3 is 10.1 Å². The summed E-state index contributed by atoms with van der Waals surface area (Å²) in [6, 6.07) is 11.6. The summed E-state index contributed by atoms with van der Waals surface area (Å²) in [5.41, 5.74) is 3.93. The predicted molar refractivity (Wildman–Crippen MR) is 103 cm³/mol. The van der Waals surface area contributed by atoms with Gasteiger partial charge in [-0.25, -0.2) is 0 Å². The molecule has 0 unspecified atom stereocenters. The maximum atomic E-state index is 10.4. The van der Waals surface area contributed by atoms with Crippen LogP contribution in [-0.2, 0) is 0 Å². The normalized spacial score (nSPS) is 17.6. The van der Waals surface area contributed by atoms with E-state index in [1.165, 1.54) is 18.4 Å². The zero-order chi connectivity index (χ0) is 18.4. The van der Waals surface area contributed by atoms with E-state index in [1.807, 2.05) is 18.3 Å². The van der Waals surface area contributed by atoms with E-state index in [4.69, 9.17) is 0 Å². The van der Waals surface area contributed by atoms with Gasteiger partial charge in [0.1, 0.15) is 0 Å². The van der Waals surface area contributed by atoms with Gasteiger partial charge in [-0.15, -0.1) is 0 Å². The van der Waals surface area contributed by atoms with Crippen LogP contribution in [0.25, 0.3) is 22.2 Å². The first-order valence-corrected chi connectivity index (χ1v) is 9.44. The number of rotatable bonds is 4. The number of aromatic hydroxyl groups is 1. The van der Waals surface area contributed by atoms with Crippen LogP contribution >= 0.6 is 0 Å². The van der Waals surface area contributed by atoms with Crippen molar-refractivity contribution in [3.05, 3.63) is 47.7 Å². The monoisotopic (exact) mass is 359 g/mol. The second-order valence-corrected chi connectivity index (χ2v) is 7.35. The summed E-state index contributed by atoms with van der Waals surface area (Å²) >= 11 is 0.